The van der Waals surface area contributed by atoms with Crippen LogP contribution in [0.15, 0.2) is 0 Å². The number of hydrogen-bond acceptors (Lipinski definition) is 8. The molecule has 0 aliphatic heterocycles. The first-order chi connectivity index (χ1) is 10.4. The van der Waals surface area contributed by atoms with Gasteiger partial charge in [0.25, 0.3) is 0 Å². The van der Waals surface area contributed by atoms with E-state index in [-0.39, 0.29) is 12.8 Å². The Balaban J connectivity index is 3.49. The summed E-state index contributed by atoms with van der Waals surface area (Å²) in [6.07, 6.45) is 1.10. The van der Waals surface area contributed by atoms with Crippen molar-refractivity contribution in [2.24, 2.45) is 0 Å². The van der Waals surface area contributed by atoms with Crippen molar-refractivity contribution in [2.45, 2.75) is 25.7 Å². The lowest BCUT2D eigenvalue weighted by atomic mass is 10.3. The van der Waals surface area contributed by atoms with Crippen molar-refractivity contribution in [3.05, 3.63) is 0 Å². The van der Waals surface area contributed by atoms with Crippen molar-refractivity contribution < 1.29 is 29.4 Å². The van der Waals surface area contributed by atoms with Crippen molar-refractivity contribution in [3.8, 4) is 0 Å². The molecule has 8 nitrogen and oxygen atoms in total. The number of nitrogens with one attached hydrogen (secondary N) is 2. The monoisotopic (exact) mass is 388 g/mol. The number of carboxylic acids is 2. The van der Waals surface area contributed by atoms with E-state index in [2.05, 4.69) is 9.44 Å². The molecule has 0 saturated heterocycles. The van der Waals surface area contributed by atoms with Gasteiger partial charge in [0.05, 0.1) is 0 Å². The van der Waals surface area contributed by atoms with Crippen LogP contribution in [-0.2, 0) is 19.2 Å². The molecule has 0 radical (unpaired) electrons. The first-order valence-corrected chi connectivity index (χ1v) is 10.7. The van der Waals surface area contributed by atoms with E-state index in [1.54, 1.807) is 0 Å². The normalized spacial score (nSPS) is 10.0. The Labute approximate surface area is 143 Å². The van der Waals surface area contributed by atoms with Gasteiger partial charge in [0.1, 0.15) is 0 Å². The maximum atomic E-state index is 11.3. The first-order valence-electron chi connectivity index (χ1n) is 6.04. The number of carboxylic acid groups (broad SMARTS) is 2. The van der Waals surface area contributed by atoms with E-state index in [1.807, 2.05) is 0 Å². The first kappa shape index (κ1) is 21.3. The van der Waals surface area contributed by atoms with E-state index in [0.717, 1.165) is 22.0 Å². The van der Waals surface area contributed by atoms with Crippen LogP contribution >= 0.6 is 43.5 Å². The molecule has 4 N–H and O–H groups in total. The molecular weight excluding hydrogens is 372 g/mol. The molecule has 12 heteroatoms. The predicted octanol–water partition coefficient (Wildman–Crippen LogP) is 1.54. The number of carbonyl (C=O) groups excluding carboxylic acids is 2. The summed E-state index contributed by atoms with van der Waals surface area (Å²) < 4.78 is 4.64. The van der Waals surface area contributed by atoms with Gasteiger partial charge in [0.2, 0.25) is 0 Å². The van der Waals surface area contributed by atoms with E-state index in [0.29, 0.717) is 24.3 Å². The fraction of sp³-hybridized carbons (Fsp3) is 0.600. The minimum atomic E-state index is -0.869. The van der Waals surface area contributed by atoms with Crippen LogP contribution in [0.2, 0.25) is 0 Å². The maximum absolute atomic E-state index is 11.3. The van der Waals surface area contributed by atoms with Crippen molar-refractivity contribution in [1.29, 1.82) is 0 Å². The topological polar surface area (TPSA) is 133 Å². The summed E-state index contributed by atoms with van der Waals surface area (Å²) in [5.74, 6) is -2.23. The molecule has 0 aliphatic rings. The SMILES string of the molecule is O=C(O)CCCSSNC(=O)C(=O)NSSCCCC(=O)O. The van der Waals surface area contributed by atoms with Gasteiger partial charge in [0.15, 0.2) is 0 Å². The molecule has 0 bridgehead atoms. The summed E-state index contributed by atoms with van der Waals surface area (Å²) >= 11 is 0. The Hall–Kier alpha value is -0.720. The van der Waals surface area contributed by atoms with Crippen molar-refractivity contribution in [1.82, 2.24) is 9.44 Å². The van der Waals surface area contributed by atoms with E-state index < -0.39 is 23.8 Å². The summed E-state index contributed by atoms with van der Waals surface area (Å²) in [6, 6.07) is 0. The largest absolute Gasteiger partial charge is 0.481 e. The summed E-state index contributed by atoms with van der Waals surface area (Å²) in [5, 5.41) is 16.8. The number of amides is 2. The fourth-order valence-corrected chi connectivity index (χ4v) is 4.04. The zero-order chi connectivity index (χ0) is 16.8. The molecule has 22 heavy (non-hydrogen) atoms. The van der Waals surface area contributed by atoms with Gasteiger partial charge in [-0.15, -0.1) is 0 Å². The number of carbonyl (C=O) groups is 4. The Bertz CT molecular complexity index is 360. The second-order valence-corrected chi connectivity index (χ2v) is 8.11. The van der Waals surface area contributed by atoms with Gasteiger partial charge in [0, 0.05) is 46.3 Å². The highest BCUT2D eigenvalue weighted by atomic mass is 33.1. The molecular formula is C10H16N2O6S4. The third kappa shape index (κ3) is 14.2. The van der Waals surface area contributed by atoms with Crippen molar-refractivity contribution in [2.75, 3.05) is 11.5 Å². The van der Waals surface area contributed by atoms with Crippen molar-refractivity contribution >= 4 is 67.3 Å². The molecule has 0 aromatic heterocycles. The second kappa shape index (κ2) is 13.9. The maximum Gasteiger partial charge on any atom is 0.320 e. The number of hydrogen-bond donors (Lipinski definition) is 4. The van der Waals surface area contributed by atoms with E-state index in [4.69, 9.17) is 10.2 Å². The molecule has 0 saturated carbocycles. The lowest BCUT2D eigenvalue weighted by molar-refractivity contribution is -0.138. The van der Waals surface area contributed by atoms with Crippen LogP contribution in [-0.4, -0.2) is 45.5 Å². The van der Waals surface area contributed by atoms with Gasteiger partial charge < -0.3 is 10.2 Å². The van der Waals surface area contributed by atoms with Crippen LogP contribution in [0.1, 0.15) is 25.7 Å². The third-order valence-corrected chi connectivity index (χ3v) is 5.72. The summed E-state index contributed by atoms with van der Waals surface area (Å²) in [4.78, 5) is 43.2. The third-order valence-electron chi connectivity index (χ3n) is 1.83. The zero-order valence-electron chi connectivity index (χ0n) is 11.4. The van der Waals surface area contributed by atoms with Gasteiger partial charge in [-0.1, -0.05) is 21.6 Å². The van der Waals surface area contributed by atoms with Crippen LogP contribution in [0.5, 0.6) is 0 Å². The van der Waals surface area contributed by atoms with Gasteiger partial charge in [-0.2, -0.15) is 0 Å². The molecule has 0 unspecified atom stereocenters. The summed E-state index contributed by atoms with van der Waals surface area (Å²) in [7, 11) is 4.45. The van der Waals surface area contributed by atoms with Gasteiger partial charge in [-0.3, -0.25) is 28.6 Å². The highest BCUT2D eigenvalue weighted by Gasteiger charge is 2.13. The smallest absolute Gasteiger partial charge is 0.320 e. The summed E-state index contributed by atoms with van der Waals surface area (Å²) in [5.41, 5.74) is 0. The van der Waals surface area contributed by atoms with Gasteiger partial charge in [-0.25, -0.2) is 0 Å². The Morgan fingerprint density at radius 2 is 1.09 bits per heavy atom. The van der Waals surface area contributed by atoms with Crippen LogP contribution in [0.4, 0.5) is 0 Å². The molecule has 126 valence electrons. The quantitative estimate of drug-likeness (QED) is 0.169. The van der Waals surface area contributed by atoms with E-state index in [1.165, 1.54) is 21.6 Å². The lowest BCUT2D eigenvalue weighted by Gasteiger charge is -2.04. The molecule has 0 rings (SSSR count). The Kier molecular flexibility index (Phi) is 13.5. The molecule has 0 aromatic carbocycles. The van der Waals surface area contributed by atoms with Crippen LogP contribution in [0, 0.1) is 0 Å². The van der Waals surface area contributed by atoms with Crippen LogP contribution in [0.25, 0.3) is 0 Å². The number of aliphatic carboxylic acids is 2. The van der Waals surface area contributed by atoms with Crippen molar-refractivity contribution in [3.63, 3.8) is 0 Å². The lowest BCUT2D eigenvalue weighted by Crippen LogP contribution is -2.32. The highest BCUT2D eigenvalue weighted by Crippen LogP contribution is 2.20. The minimum Gasteiger partial charge on any atom is -0.481 e. The van der Waals surface area contributed by atoms with E-state index in [9.17, 15) is 19.2 Å². The second-order valence-electron chi connectivity index (χ2n) is 3.67. The predicted molar refractivity (Wildman–Crippen MR) is 90.1 cm³/mol. The standard InChI is InChI=1S/C10H16N2O6S4/c13-7(14)3-1-5-19-21-11-9(17)10(18)12-22-20-6-2-4-8(15)16/h1-6H2,(H,11,17)(H,12,18)(H,13,14)(H,15,16). The van der Waals surface area contributed by atoms with Gasteiger partial charge in [-0.05, 0) is 12.8 Å². The molecule has 0 atom stereocenters. The minimum absolute atomic E-state index is 0.0672. The zero-order valence-corrected chi connectivity index (χ0v) is 14.7. The molecule has 0 spiro atoms. The fourth-order valence-electron chi connectivity index (χ4n) is 0.875. The molecule has 0 fully saturated rings. The molecule has 0 aromatic rings. The average molecular weight is 389 g/mol. The highest BCUT2D eigenvalue weighted by molar-refractivity contribution is 8.76. The number of rotatable bonds is 12. The van der Waals surface area contributed by atoms with Crippen LogP contribution in [0.3, 0.4) is 0 Å². The van der Waals surface area contributed by atoms with E-state index >= 15 is 0 Å². The van der Waals surface area contributed by atoms with Crippen LogP contribution < -0.4 is 9.44 Å². The van der Waals surface area contributed by atoms with Gasteiger partial charge >= 0.3 is 23.8 Å². The Morgan fingerprint density at radius 3 is 1.41 bits per heavy atom. The Morgan fingerprint density at radius 1 is 0.727 bits per heavy atom. The molecule has 2 amide bonds. The molecule has 0 heterocycles. The molecule has 0 aliphatic carbocycles. The summed E-state index contributed by atoms with van der Waals surface area (Å²) in [6.45, 7) is 0. The average Bonchev–Trinajstić information content (AvgIpc) is 2.45.